The van der Waals surface area contributed by atoms with Gasteiger partial charge in [0.05, 0.1) is 4.90 Å². The summed E-state index contributed by atoms with van der Waals surface area (Å²) < 4.78 is 27.3. The summed E-state index contributed by atoms with van der Waals surface area (Å²) in [6.07, 6.45) is 2.10. The topological polar surface area (TPSA) is 77.9 Å². The van der Waals surface area contributed by atoms with E-state index in [9.17, 15) is 13.2 Å². The number of nitrogens with zero attached hydrogens (tertiary/aromatic N) is 2. The number of hydrogen-bond donors (Lipinski definition) is 1. The first kappa shape index (κ1) is 16.4. The second-order valence-corrected chi connectivity index (χ2v) is 8.12. The Labute approximate surface area is 136 Å². The van der Waals surface area contributed by atoms with Gasteiger partial charge in [0, 0.05) is 39.2 Å². The molecule has 0 saturated carbocycles. The van der Waals surface area contributed by atoms with E-state index in [-0.39, 0.29) is 23.5 Å². The van der Waals surface area contributed by atoms with Crippen molar-refractivity contribution in [1.82, 2.24) is 9.21 Å². The van der Waals surface area contributed by atoms with Crippen molar-refractivity contribution in [2.75, 3.05) is 13.2 Å². The average Bonchev–Trinajstić information content (AvgIpc) is 3.13. The van der Waals surface area contributed by atoms with E-state index in [1.165, 1.54) is 11.2 Å². The van der Waals surface area contributed by atoms with Gasteiger partial charge in [0.25, 0.3) is 0 Å². The minimum Gasteiger partial charge on any atom is -0.396 e. The number of amides is 1. The fraction of sp³-hybridized carbons (Fsp3) is 0.562. The molecule has 1 aromatic rings. The SMILES string of the molecule is CC(=O)N1Cc2ccc(S(=O)(=O)N3CCCC3CCO)cc2C1. The number of benzene rings is 1. The smallest absolute Gasteiger partial charge is 0.243 e. The quantitative estimate of drug-likeness (QED) is 0.891. The maximum Gasteiger partial charge on any atom is 0.243 e. The Morgan fingerprint density at radius 2 is 2.04 bits per heavy atom. The number of aliphatic hydroxyl groups excluding tert-OH is 1. The molecule has 3 rings (SSSR count). The van der Waals surface area contributed by atoms with Gasteiger partial charge >= 0.3 is 0 Å². The Morgan fingerprint density at radius 3 is 2.74 bits per heavy atom. The first-order valence-electron chi connectivity index (χ1n) is 7.93. The molecular weight excluding hydrogens is 316 g/mol. The van der Waals surface area contributed by atoms with Crippen molar-refractivity contribution in [3.63, 3.8) is 0 Å². The molecular formula is C16H22N2O4S. The van der Waals surface area contributed by atoms with Crippen LogP contribution >= 0.6 is 0 Å². The van der Waals surface area contributed by atoms with Crippen LogP contribution in [0.5, 0.6) is 0 Å². The highest BCUT2D eigenvalue weighted by Crippen LogP contribution is 2.31. The Bertz CT molecular complexity index is 717. The van der Waals surface area contributed by atoms with Crippen molar-refractivity contribution in [2.24, 2.45) is 0 Å². The lowest BCUT2D eigenvalue weighted by atomic mass is 10.1. The molecule has 1 N–H and O–H groups in total. The number of fused-ring (bicyclic) bond motifs is 1. The highest BCUT2D eigenvalue weighted by molar-refractivity contribution is 7.89. The van der Waals surface area contributed by atoms with Crippen molar-refractivity contribution in [2.45, 2.75) is 50.2 Å². The summed E-state index contributed by atoms with van der Waals surface area (Å²) >= 11 is 0. The first-order chi connectivity index (χ1) is 10.9. The van der Waals surface area contributed by atoms with Crippen LogP contribution in [0.3, 0.4) is 0 Å². The van der Waals surface area contributed by atoms with Gasteiger partial charge in [0.1, 0.15) is 0 Å². The molecule has 0 radical (unpaired) electrons. The van der Waals surface area contributed by atoms with Gasteiger partial charge in [-0.05, 0) is 42.5 Å². The lowest BCUT2D eigenvalue weighted by molar-refractivity contribution is -0.129. The zero-order chi connectivity index (χ0) is 16.6. The van der Waals surface area contributed by atoms with Crippen LogP contribution in [0.1, 0.15) is 37.3 Å². The summed E-state index contributed by atoms with van der Waals surface area (Å²) in [5.74, 6) is -0.00633. The summed E-state index contributed by atoms with van der Waals surface area (Å²) in [7, 11) is -3.55. The molecule has 1 saturated heterocycles. The molecule has 2 aliphatic heterocycles. The molecule has 1 fully saturated rings. The minimum absolute atomic E-state index is 0.00551. The van der Waals surface area contributed by atoms with Gasteiger partial charge in [0.2, 0.25) is 15.9 Å². The van der Waals surface area contributed by atoms with Gasteiger partial charge in [-0.2, -0.15) is 4.31 Å². The minimum atomic E-state index is -3.55. The lowest BCUT2D eigenvalue weighted by Crippen LogP contribution is -2.36. The highest BCUT2D eigenvalue weighted by atomic mass is 32.2. The van der Waals surface area contributed by atoms with E-state index in [1.54, 1.807) is 17.0 Å². The van der Waals surface area contributed by atoms with Crippen LogP contribution in [0, 0.1) is 0 Å². The Kier molecular flexibility index (Phi) is 4.44. The summed E-state index contributed by atoms with van der Waals surface area (Å²) in [6.45, 7) is 3.03. The van der Waals surface area contributed by atoms with Gasteiger partial charge in [0.15, 0.2) is 0 Å². The van der Waals surface area contributed by atoms with E-state index in [2.05, 4.69) is 0 Å². The molecule has 1 amide bonds. The number of rotatable bonds is 4. The van der Waals surface area contributed by atoms with Gasteiger partial charge in [-0.15, -0.1) is 0 Å². The Hall–Kier alpha value is -1.44. The number of carbonyl (C=O) groups is 1. The molecule has 1 aromatic carbocycles. The molecule has 1 atom stereocenters. The monoisotopic (exact) mass is 338 g/mol. The summed E-state index contributed by atoms with van der Waals surface area (Å²) in [4.78, 5) is 13.5. The largest absolute Gasteiger partial charge is 0.396 e. The second kappa shape index (κ2) is 6.22. The van der Waals surface area contributed by atoms with E-state index in [1.807, 2.05) is 6.07 Å². The molecule has 1 unspecified atom stereocenters. The van der Waals surface area contributed by atoms with Crippen LogP contribution in [0.4, 0.5) is 0 Å². The third-order valence-electron chi connectivity index (χ3n) is 4.74. The standard InChI is InChI=1S/C16H22N2O4S/c1-12(20)17-10-13-4-5-16(9-14(13)11-17)23(21,22)18-7-2-3-15(18)6-8-19/h4-5,9,15,19H,2-3,6-8,10-11H2,1H3. The number of sulfonamides is 1. The zero-order valence-electron chi connectivity index (χ0n) is 13.2. The molecule has 0 spiro atoms. The zero-order valence-corrected chi connectivity index (χ0v) is 14.1. The fourth-order valence-corrected chi connectivity index (χ4v) is 5.23. The lowest BCUT2D eigenvalue weighted by Gasteiger charge is -2.23. The summed E-state index contributed by atoms with van der Waals surface area (Å²) in [6, 6.07) is 5.02. The van der Waals surface area contributed by atoms with Crippen LogP contribution < -0.4 is 0 Å². The summed E-state index contributed by atoms with van der Waals surface area (Å²) in [5.41, 5.74) is 1.91. The predicted octanol–water partition coefficient (Wildman–Crippen LogP) is 1.08. The van der Waals surface area contributed by atoms with Gasteiger partial charge in [-0.3, -0.25) is 4.79 Å². The highest BCUT2D eigenvalue weighted by Gasteiger charge is 2.35. The van der Waals surface area contributed by atoms with E-state index in [0.717, 1.165) is 24.0 Å². The normalized spacial score (nSPS) is 21.7. The molecule has 6 nitrogen and oxygen atoms in total. The van der Waals surface area contributed by atoms with E-state index in [0.29, 0.717) is 26.1 Å². The van der Waals surface area contributed by atoms with E-state index in [4.69, 9.17) is 5.11 Å². The van der Waals surface area contributed by atoms with Crippen LogP contribution in [-0.4, -0.2) is 47.8 Å². The molecule has 0 aliphatic carbocycles. The molecule has 0 aromatic heterocycles. The van der Waals surface area contributed by atoms with E-state index >= 15 is 0 Å². The Morgan fingerprint density at radius 1 is 1.30 bits per heavy atom. The molecule has 2 aliphatic rings. The van der Waals surface area contributed by atoms with Gasteiger partial charge in [-0.25, -0.2) is 8.42 Å². The second-order valence-electron chi connectivity index (χ2n) is 6.23. The van der Waals surface area contributed by atoms with Crippen molar-refractivity contribution in [1.29, 1.82) is 0 Å². The number of aliphatic hydroxyl groups is 1. The van der Waals surface area contributed by atoms with Gasteiger partial charge < -0.3 is 10.0 Å². The molecule has 2 heterocycles. The third-order valence-corrected chi connectivity index (χ3v) is 6.69. The Balaban J connectivity index is 1.88. The molecule has 0 bridgehead atoms. The van der Waals surface area contributed by atoms with Crippen LogP contribution in [-0.2, 0) is 27.9 Å². The third kappa shape index (κ3) is 3.00. The maximum atomic E-state index is 12.9. The van der Waals surface area contributed by atoms with Crippen LogP contribution in [0.2, 0.25) is 0 Å². The van der Waals surface area contributed by atoms with E-state index < -0.39 is 10.0 Å². The van der Waals surface area contributed by atoms with Gasteiger partial charge in [-0.1, -0.05) is 6.07 Å². The molecule has 7 heteroatoms. The van der Waals surface area contributed by atoms with Crippen LogP contribution in [0.25, 0.3) is 0 Å². The number of hydrogen-bond acceptors (Lipinski definition) is 4. The predicted molar refractivity (Wildman–Crippen MR) is 85.0 cm³/mol. The number of carbonyl (C=O) groups excluding carboxylic acids is 1. The van der Waals surface area contributed by atoms with Crippen molar-refractivity contribution in [3.8, 4) is 0 Å². The summed E-state index contributed by atoms with van der Waals surface area (Å²) in [5, 5.41) is 9.13. The maximum absolute atomic E-state index is 12.9. The van der Waals surface area contributed by atoms with Crippen molar-refractivity contribution >= 4 is 15.9 Å². The van der Waals surface area contributed by atoms with Crippen molar-refractivity contribution in [3.05, 3.63) is 29.3 Å². The molecule has 126 valence electrons. The first-order valence-corrected chi connectivity index (χ1v) is 9.37. The average molecular weight is 338 g/mol. The molecule has 23 heavy (non-hydrogen) atoms. The van der Waals surface area contributed by atoms with Crippen LogP contribution in [0.15, 0.2) is 23.1 Å². The fourth-order valence-electron chi connectivity index (χ4n) is 3.45. The van der Waals surface area contributed by atoms with Crippen molar-refractivity contribution < 1.29 is 18.3 Å².